The Morgan fingerprint density at radius 3 is 2.52 bits per heavy atom. The number of carbonyl (C=O) groups is 1. The van der Waals surface area contributed by atoms with Crippen molar-refractivity contribution in [2.45, 2.75) is 6.92 Å². The Hall–Kier alpha value is -2.88. The number of aromatic amines is 1. The van der Waals surface area contributed by atoms with Gasteiger partial charge in [0.15, 0.2) is 0 Å². The highest BCUT2D eigenvalue weighted by molar-refractivity contribution is 6.03. The monoisotopic (exact) mass is 278 g/mol. The zero-order valence-corrected chi connectivity index (χ0v) is 11.5. The summed E-state index contributed by atoms with van der Waals surface area (Å²) in [4.78, 5) is 26.1. The molecule has 1 aromatic heterocycles. The van der Waals surface area contributed by atoms with Gasteiger partial charge in [-0.25, -0.2) is 0 Å². The van der Waals surface area contributed by atoms with Gasteiger partial charge in [0.25, 0.3) is 5.56 Å². The average Bonchev–Trinajstić information content (AvgIpc) is 2.51. The number of rotatable bonds is 3. The van der Waals surface area contributed by atoms with E-state index >= 15 is 0 Å². The van der Waals surface area contributed by atoms with Gasteiger partial charge in [-0.05, 0) is 13.0 Å². The number of hydrogen-bond donors (Lipinski definition) is 2. The molecule has 2 aromatic carbocycles. The van der Waals surface area contributed by atoms with Gasteiger partial charge < -0.3 is 10.3 Å². The number of amides is 1. The lowest BCUT2D eigenvalue weighted by molar-refractivity contribution is -0.105. The summed E-state index contributed by atoms with van der Waals surface area (Å²) in [6, 6.07) is 15.1. The van der Waals surface area contributed by atoms with Gasteiger partial charge in [-0.2, -0.15) is 0 Å². The number of fused-ring (bicyclic) bond motifs is 1. The van der Waals surface area contributed by atoms with E-state index in [0.29, 0.717) is 23.2 Å². The minimum absolute atomic E-state index is 0.163. The maximum Gasteiger partial charge on any atom is 0.256 e. The zero-order valence-electron chi connectivity index (χ0n) is 11.5. The summed E-state index contributed by atoms with van der Waals surface area (Å²) in [7, 11) is 0. The quantitative estimate of drug-likeness (QED) is 0.723. The molecular formula is C17H14N2O2. The Morgan fingerprint density at radius 2 is 1.81 bits per heavy atom. The van der Waals surface area contributed by atoms with Gasteiger partial charge in [-0.15, -0.1) is 0 Å². The molecule has 0 bridgehead atoms. The minimum atomic E-state index is -0.163. The fraction of sp³-hybridized carbons (Fsp3) is 0.0588. The van der Waals surface area contributed by atoms with Crippen LogP contribution in [0.25, 0.3) is 22.0 Å². The summed E-state index contributed by atoms with van der Waals surface area (Å²) in [5.74, 6) is 0. The van der Waals surface area contributed by atoms with Crippen molar-refractivity contribution in [2.24, 2.45) is 0 Å². The third-order valence-corrected chi connectivity index (χ3v) is 3.44. The molecule has 1 amide bonds. The summed E-state index contributed by atoms with van der Waals surface area (Å²) < 4.78 is 0. The van der Waals surface area contributed by atoms with Crippen LogP contribution in [-0.4, -0.2) is 11.4 Å². The molecule has 0 unspecified atom stereocenters. The Labute approximate surface area is 121 Å². The van der Waals surface area contributed by atoms with Crippen molar-refractivity contribution in [3.63, 3.8) is 0 Å². The molecule has 0 fully saturated rings. The summed E-state index contributed by atoms with van der Waals surface area (Å²) >= 11 is 0. The molecule has 0 saturated carbocycles. The number of carbonyl (C=O) groups excluding carboxylic acids is 1. The molecule has 3 aromatic rings. The van der Waals surface area contributed by atoms with Crippen LogP contribution in [0, 0.1) is 6.92 Å². The first-order valence-corrected chi connectivity index (χ1v) is 6.63. The highest BCUT2D eigenvalue weighted by Gasteiger charge is 2.12. The van der Waals surface area contributed by atoms with E-state index in [-0.39, 0.29) is 5.56 Å². The summed E-state index contributed by atoms with van der Waals surface area (Å²) in [5, 5.41) is 4.01. The lowest BCUT2D eigenvalue weighted by atomic mass is 10.0. The van der Waals surface area contributed by atoms with Crippen molar-refractivity contribution in [3.8, 4) is 11.3 Å². The van der Waals surface area contributed by atoms with E-state index in [0.717, 1.165) is 16.5 Å². The number of hydrogen-bond acceptors (Lipinski definition) is 2. The second kappa shape index (κ2) is 5.25. The number of aromatic nitrogens is 1. The van der Waals surface area contributed by atoms with E-state index in [1.807, 2.05) is 55.5 Å². The first-order valence-electron chi connectivity index (χ1n) is 6.63. The van der Waals surface area contributed by atoms with Gasteiger partial charge in [0.05, 0.1) is 11.4 Å². The number of anilines is 1. The molecule has 0 atom stereocenters. The summed E-state index contributed by atoms with van der Waals surface area (Å²) in [6.45, 7) is 1.93. The topological polar surface area (TPSA) is 62.0 Å². The van der Waals surface area contributed by atoms with Crippen LogP contribution in [0.3, 0.4) is 0 Å². The molecule has 4 nitrogen and oxygen atoms in total. The molecule has 0 aliphatic carbocycles. The van der Waals surface area contributed by atoms with Gasteiger partial charge in [-0.3, -0.25) is 9.59 Å². The molecule has 104 valence electrons. The zero-order chi connectivity index (χ0) is 14.8. The highest BCUT2D eigenvalue weighted by atomic mass is 16.1. The van der Waals surface area contributed by atoms with E-state index in [2.05, 4.69) is 10.3 Å². The van der Waals surface area contributed by atoms with E-state index in [1.54, 1.807) is 0 Å². The fourth-order valence-electron chi connectivity index (χ4n) is 2.47. The third-order valence-electron chi connectivity index (χ3n) is 3.44. The van der Waals surface area contributed by atoms with E-state index in [4.69, 9.17) is 0 Å². The van der Waals surface area contributed by atoms with Crippen molar-refractivity contribution >= 4 is 22.9 Å². The smallest absolute Gasteiger partial charge is 0.256 e. The first-order chi connectivity index (χ1) is 10.2. The average molecular weight is 278 g/mol. The predicted octanol–water partition coefficient (Wildman–Crippen LogP) is 3.07. The second-order valence-electron chi connectivity index (χ2n) is 4.88. The standard InChI is InChI=1S/C17H14N2O2/c1-11-7-8-13-14(9-11)17(21)19-15(16(13)18-10-20)12-5-3-2-4-6-12/h2-10H,1H3,(H,18,20)(H,19,21). The number of H-pyrrole nitrogens is 1. The second-order valence-corrected chi connectivity index (χ2v) is 4.88. The number of pyridine rings is 1. The summed E-state index contributed by atoms with van der Waals surface area (Å²) in [6.07, 6.45) is 0.624. The Bertz CT molecular complexity index is 867. The Balaban J connectivity index is 2.40. The van der Waals surface area contributed by atoms with Crippen LogP contribution in [0.5, 0.6) is 0 Å². The van der Waals surface area contributed by atoms with Crippen molar-refractivity contribution in [1.82, 2.24) is 4.98 Å². The fourth-order valence-corrected chi connectivity index (χ4v) is 2.47. The molecule has 0 saturated heterocycles. The molecule has 0 aliphatic heterocycles. The normalized spacial score (nSPS) is 10.5. The lowest BCUT2D eigenvalue weighted by Gasteiger charge is -2.12. The van der Waals surface area contributed by atoms with E-state index in [9.17, 15) is 9.59 Å². The van der Waals surface area contributed by atoms with Crippen LogP contribution < -0.4 is 10.9 Å². The minimum Gasteiger partial charge on any atom is -0.326 e. The molecule has 2 N–H and O–H groups in total. The molecular weight excluding hydrogens is 264 g/mol. The largest absolute Gasteiger partial charge is 0.326 e. The predicted molar refractivity (Wildman–Crippen MR) is 84.4 cm³/mol. The number of aryl methyl sites for hydroxylation is 1. The van der Waals surface area contributed by atoms with Crippen LogP contribution in [0.15, 0.2) is 53.3 Å². The highest BCUT2D eigenvalue weighted by Crippen LogP contribution is 2.31. The van der Waals surface area contributed by atoms with Gasteiger partial charge in [0.1, 0.15) is 0 Å². The SMILES string of the molecule is Cc1ccc2c(NC=O)c(-c3ccccc3)[nH]c(=O)c2c1. The Kier molecular flexibility index (Phi) is 3.28. The van der Waals surface area contributed by atoms with Crippen LogP contribution in [-0.2, 0) is 4.79 Å². The molecule has 0 aliphatic rings. The van der Waals surface area contributed by atoms with Crippen molar-refractivity contribution < 1.29 is 4.79 Å². The van der Waals surface area contributed by atoms with Crippen molar-refractivity contribution in [1.29, 1.82) is 0 Å². The molecule has 3 rings (SSSR count). The maximum atomic E-state index is 12.3. The van der Waals surface area contributed by atoms with Gasteiger partial charge in [-0.1, -0.05) is 48.0 Å². The van der Waals surface area contributed by atoms with Gasteiger partial charge in [0.2, 0.25) is 6.41 Å². The molecule has 21 heavy (non-hydrogen) atoms. The van der Waals surface area contributed by atoms with E-state index < -0.39 is 0 Å². The third kappa shape index (κ3) is 2.31. The maximum absolute atomic E-state index is 12.3. The first kappa shape index (κ1) is 13.1. The van der Waals surface area contributed by atoms with Crippen molar-refractivity contribution in [3.05, 3.63) is 64.4 Å². The number of nitrogens with one attached hydrogen (secondary N) is 2. The van der Waals surface area contributed by atoms with Crippen LogP contribution in [0.1, 0.15) is 5.56 Å². The lowest BCUT2D eigenvalue weighted by Crippen LogP contribution is -2.11. The summed E-state index contributed by atoms with van der Waals surface area (Å²) in [5.41, 5.74) is 2.91. The van der Waals surface area contributed by atoms with Crippen LogP contribution >= 0.6 is 0 Å². The molecule has 0 spiro atoms. The molecule has 1 heterocycles. The van der Waals surface area contributed by atoms with E-state index in [1.165, 1.54) is 0 Å². The van der Waals surface area contributed by atoms with Crippen LogP contribution in [0.2, 0.25) is 0 Å². The molecule has 4 heteroatoms. The number of benzene rings is 2. The van der Waals surface area contributed by atoms with Crippen molar-refractivity contribution in [2.75, 3.05) is 5.32 Å². The van der Waals surface area contributed by atoms with Gasteiger partial charge in [0, 0.05) is 16.3 Å². The molecule has 0 radical (unpaired) electrons. The Morgan fingerprint density at radius 1 is 1.05 bits per heavy atom. The van der Waals surface area contributed by atoms with Crippen LogP contribution in [0.4, 0.5) is 5.69 Å². The van der Waals surface area contributed by atoms with Gasteiger partial charge >= 0.3 is 0 Å².